The van der Waals surface area contributed by atoms with Crippen LogP contribution in [0.2, 0.25) is 0 Å². The molecule has 0 unspecified atom stereocenters. The number of benzene rings is 1. The van der Waals surface area contributed by atoms with Gasteiger partial charge in [-0.1, -0.05) is 12.1 Å². The van der Waals surface area contributed by atoms with E-state index in [1.54, 1.807) is 4.68 Å². The van der Waals surface area contributed by atoms with E-state index < -0.39 is 0 Å². The molecule has 19 heavy (non-hydrogen) atoms. The highest BCUT2D eigenvalue weighted by atomic mass is 15.3. The van der Waals surface area contributed by atoms with Crippen LogP contribution in [0.4, 0.5) is 5.95 Å². The van der Waals surface area contributed by atoms with E-state index in [2.05, 4.69) is 20.4 Å². The van der Waals surface area contributed by atoms with Gasteiger partial charge in [-0.05, 0) is 32.0 Å². The average Bonchev–Trinajstić information content (AvgIpc) is 2.85. The van der Waals surface area contributed by atoms with Crippen molar-refractivity contribution in [2.45, 2.75) is 13.8 Å². The molecule has 1 aromatic carbocycles. The maximum Gasteiger partial charge on any atom is 0.225 e. The van der Waals surface area contributed by atoms with Gasteiger partial charge in [0, 0.05) is 18.1 Å². The molecule has 0 amide bonds. The topological polar surface area (TPSA) is 55.6 Å². The van der Waals surface area contributed by atoms with Gasteiger partial charge in [0.25, 0.3) is 0 Å². The Morgan fingerprint density at radius 1 is 1.16 bits per heavy atom. The molecule has 3 aromatic rings. The molecule has 0 radical (unpaired) electrons. The number of fused-ring (bicyclic) bond motifs is 1. The maximum absolute atomic E-state index is 4.55. The van der Waals surface area contributed by atoms with Crippen molar-refractivity contribution in [3.63, 3.8) is 0 Å². The van der Waals surface area contributed by atoms with Gasteiger partial charge in [0.05, 0.1) is 11.2 Å². The van der Waals surface area contributed by atoms with Gasteiger partial charge in [-0.25, -0.2) is 9.67 Å². The third-order valence-corrected chi connectivity index (χ3v) is 2.86. The highest BCUT2D eigenvalue weighted by Gasteiger charge is 2.09. The second-order valence-electron chi connectivity index (χ2n) is 4.32. The van der Waals surface area contributed by atoms with Gasteiger partial charge in [-0.2, -0.15) is 10.1 Å². The van der Waals surface area contributed by atoms with Gasteiger partial charge in [-0.3, -0.25) is 0 Å². The number of hydrogen-bond acceptors (Lipinski definition) is 4. The van der Waals surface area contributed by atoms with Gasteiger partial charge >= 0.3 is 0 Å². The summed E-state index contributed by atoms with van der Waals surface area (Å²) in [6.07, 6.45) is 1.92. The van der Waals surface area contributed by atoms with Crippen molar-refractivity contribution in [2.75, 3.05) is 11.9 Å². The third-order valence-electron chi connectivity index (χ3n) is 2.86. The standard InChI is InChI=1S/C14H15N5/c1-3-15-14-16-12-7-5-4-6-11(12)13(17-14)19-9-8-10(2)18-19/h4-9H,3H2,1-2H3,(H,15,16,17). The second kappa shape index (κ2) is 4.68. The van der Waals surface area contributed by atoms with Gasteiger partial charge in [0.2, 0.25) is 5.95 Å². The molecule has 0 aliphatic rings. The zero-order valence-electron chi connectivity index (χ0n) is 11.0. The molecule has 96 valence electrons. The molecular weight excluding hydrogens is 238 g/mol. The van der Waals surface area contributed by atoms with Crippen LogP contribution in [0.1, 0.15) is 12.6 Å². The molecule has 0 aliphatic carbocycles. The van der Waals surface area contributed by atoms with E-state index in [1.165, 1.54) is 0 Å². The number of anilines is 1. The number of aryl methyl sites for hydroxylation is 1. The van der Waals surface area contributed by atoms with Crippen LogP contribution in [0.15, 0.2) is 36.5 Å². The van der Waals surface area contributed by atoms with Crippen LogP contribution in [-0.4, -0.2) is 26.3 Å². The summed E-state index contributed by atoms with van der Waals surface area (Å²) in [6.45, 7) is 4.78. The SMILES string of the molecule is CCNc1nc(-n2ccc(C)n2)c2ccccc2n1. The Labute approximate surface area is 111 Å². The zero-order valence-corrected chi connectivity index (χ0v) is 11.0. The summed E-state index contributed by atoms with van der Waals surface area (Å²) >= 11 is 0. The number of para-hydroxylation sites is 1. The largest absolute Gasteiger partial charge is 0.354 e. The second-order valence-corrected chi connectivity index (χ2v) is 4.32. The summed E-state index contributed by atoms with van der Waals surface area (Å²) < 4.78 is 1.79. The Morgan fingerprint density at radius 3 is 2.74 bits per heavy atom. The number of hydrogen-bond donors (Lipinski definition) is 1. The minimum atomic E-state index is 0.629. The Morgan fingerprint density at radius 2 is 2.00 bits per heavy atom. The van der Waals surface area contributed by atoms with Crippen LogP contribution in [-0.2, 0) is 0 Å². The molecule has 0 spiro atoms. The van der Waals surface area contributed by atoms with E-state index in [0.29, 0.717) is 5.95 Å². The highest BCUT2D eigenvalue weighted by Crippen LogP contribution is 2.20. The number of nitrogens with one attached hydrogen (secondary N) is 1. The fourth-order valence-electron chi connectivity index (χ4n) is 2.00. The summed E-state index contributed by atoms with van der Waals surface area (Å²) in [4.78, 5) is 9.05. The van der Waals surface area contributed by atoms with Gasteiger partial charge in [-0.15, -0.1) is 0 Å². The third kappa shape index (κ3) is 2.14. The molecule has 0 saturated carbocycles. The van der Waals surface area contributed by atoms with E-state index in [4.69, 9.17) is 0 Å². The molecule has 5 nitrogen and oxygen atoms in total. The lowest BCUT2D eigenvalue weighted by molar-refractivity contribution is 0.836. The van der Waals surface area contributed by atoms with E-state index in [9.17, 15) is 0 Å². The van der Waals surface area contributed by atoms with Crippen LogP contribution in [0.5, 0.6) is 0 Å². The quantitative estimate of drug-likeness (QED) is 0.779. The minimum absolute atomic E-state index is 0.629. The first-order chi connectivity index (χ1) is 9.28. The summed E-state index contributed by atoms with van der Waals surface area (Å²) in [5.74, 6) is 1.43. The first kappa shape index (κ1) is 11.6. The predicted octanol–water partition coefficient (Wildman–Crippen LogP) is 2.56. The molecule has 0 saturated heterocycles. The fourth-order valence-corrected chi connectivity index (χ4v) is 2.00. The van der Waals surface area contributed by atoms with Crippen LogP contribution in [0.25, 0.3) is 16.7 Å². The lowest BCUT2D eigenvalue weighted by Gasteiger charge is -2.08. The first-order valence-corrected chi connectivity index (χ1v) is 6.31. The predicted molar refractivity (Wildman–Crippen MR) is 75.6 cm³/mol. The summed E-state index contributed by atoms with van der Waals surface area (Å²) in [5.41, 5.74) is 1.88. The molecule has 5 heteroatoms. The van der Waals surface area contributed by atoms with Crippen LogP contribution >= 0.6 is 0 Å². The molecule has 1 N–H and O–H groups in total. The molecule has 0 aliphatic heterocycles. The summed E-state index contributed by atoms with van der Waals surface area (Å²) in [5, 5.41) is 8.58. The zero-order chi connectivity index (χ0) is 13.2. The van der Waals surface area contributed by atoms with Crippen LogP contribution in [0.3, 0.4) is 0 Å². The highest BCUT2D eigenvalue weighted by molar-refractivity contribution is 5.86. The normalized spacial score (nSPS) is 10.8. The Balaban J connectivity index is 2.25. The number of nitrogens with zero attached hydrogens (tertiary/aromatic N) is 4. The number of rotatable bonds is 3. The van der Waals surface area contributed by atoms with Gasteiger partial charge in [0.1, 0.15) is 0 Å². The van der Waals surface area contributed by atoms with E-state index in [1.807, 2.05) is 50.4 Å². The molecule has 3 rings (SSSR count). The Bertz CT molecular complexity index is 717. The fraction of sp³-hybridized carbons (Fsp3) is 0.214. The summed E-state index contributed by atoms with van der Waals surface area (Å²) in [6, 6.07) is 9.92. The van der Waals surface area contributed by atoms with Gasteiger partial charge < -0.3 is 5.32 Å². The summed E-state index contributed by atoms with van der Waals surface area (Å²) in [7, 11) is 0. The van der Waals surface area contributed by atoms with E-state index in [0.717, 1.165) is 29.0 Å². The molecular formula is C14H15N5. The van der Waals surface area contributed by atoms with Crippen molar-refractivity contribution in [1.82, 2.24) is 19.7 Å². The van der Waals surface area contributed by atoms with Crippen molar-refractivity contribution < 1.29 is 0 Å². The molecule has 0 atom stereocenters. The van der Waals surface area contributed by atoms with Crippen LogP contribution in [0, 0.1) is 6.92 Å². The van der Waals surface area contributed by atoms with Crippen molar-refractivity contribution in [3.8, 4) is 5.82 Å². The van der Waals surface area contributed by atoms with Gasteiger partial charge in [0.15, 0.2) is 5.82 Å². The lowest BCUT2D eigenvalue weighted by atomic mass is 10.2. The minimum Gasteiger partial charge on any atom is -0.354 e. The van der Waals surface area contributed by atoms with Crippen molar-refractivity contribution >= 4 is 16.9 Å². The van der Waals surface area contributed by atoms with Crippen molar-refractivity contribution in [1.29, 1.82) is 0 Å². The van der Waals surface area contributed by atoms with E-state index >= 15 is 0 Å². The molecule has 0 bridgehead atoms. The van der Waals surface area contributed by atoms with E-state index in [-0.39, 0.29) is 0 Å². The lowest BCUT2D eigenvalue weighted by Crippen LogP contribution is -2.07. The van der Waals surface area contributed by atoms with Crippen molar-refractivity contribution in [2.24, 2.45) is 0 Å². The van der Waals surface area contributed by atoms with Crippen molar-refractivity contribution in [3.05, 3.63) is 42.2 Å². The molecule has 2 heterocycles. The van der Waals surface area contributed by atoms with Crippen LogP contribution < -0.4 is 5.32 Å². The first-order valence-electron chi connectivity index (χ1n) is 6.31. The Hall–Kier alpha value is -2.43. The molecule has 2 aromatic heterocycles. The maximum atomic E-state index is 4.55. The average molecular weight is 253 g/mol. The number of aromatic nitrogens is 4. The molecule has 0 fully saturated rings. The Kier molecular flexibility index (Phi) is 2.87. The monoisotopic (exact) mass is 253 g/mol. The smallest absolute Gasteiger partial charge is 0.225 e.